The molecule has 0 amide bonds. The molecule has 0 heterocycles. The minimum absolute atomic E-state index is 0. The van der Waals surface area contributed by atoms with Crippen LogP contribution in [-0.2, 0) is 46.7 Å². The van der Waals surface area contributed by atoms with E-state index in [0.717, 1.165) is 38.5 Å². The smallest absolute Gasteiger partial charge is 0.676 e. The SMILES string of the molecule is CCCCCCCC(=O)O.O=C(O)C(=O)O.O=C(O)CCCc1ccccc1.[NH-]C1CCCCC1[NH-].[Pt+2]. The summed E-state index contributed by atoms with van der Waals surface area (Å²) in [5, 5.41) is 31.4. The van der Waals surface area contributed by atoms with Crippen LogP contribution in [-0.4, -0.2) is 56.4 Å². The van der Waals surface area contributed by atoms with E-state index in [-0.39, 0.29) is 39.6 Å². The number of rotatable bonds is 10. The zero-order chi connectivity index (χ0) is 27.8. The fraction of sp³-hybridized carbons (Fsp3) is 0.615. The molecule has 11 heteroatoms. The molecule has 2 rings (SSSR count). The van der Waals surface area contributed by atoms with Gasteiger partial charge in [-0.25, -0.2) is 9.59 Å². The van der Waals surface area contributed by atoms with Crippen molar-refractivity contribution in [1.82, 2.24) is 0 Å². The minimum Gasteiger partial charge on any atom is -0.676 e. The van der Waals surface area contributed by atoms with Gasteiger partial charge in [0, 0.05) is 12.8 Å². The number of aryl methyl sites for hydroxylation is 1. The van der Waals surface area contributed by atoms with Gasteiger partial charge in [0.25, 0.3) is 0 Å². The zero-order valence-corrected chi connectivity index (χ0v) is 23.7. The van der Waals surface area contributed by atoms with E-state index in [4.69, 9.17) is 41.5 Å². The maximum absolute atomic E-state index is 10.2. The molecule has 0 radical (unpaired) electrons. The number of benzene rings is 1. The van der Waals surface area contributed by atoms with Gasteiger partial charge >= 0.3 is 44.9 Å². The fourth-order valence-electron chi connectivity index (χ4n) is 3.10. The average Bonchev–Trinajstić information content (AvgIpc) is 2.82. The third-order valence-electron chi connectivity index (χ3n) is 5.14. The Labute approximate surface area is 234 Å². The third kappa shape index (κ3) is 29.8. The molecule has 1 aromatic rings. The summed E-state index contributed by atoms with van der Waals surface area (Å²) in [6.07, 6.45) is 12.0. The molecule has 0 aliphatic heterocycles. The summed E-state index contributed by atoms with van der Waals surface area (Å²) in [5.74, 6) is -5.03. The van der Waals surface area contributed by atoms with Crippen molar-refractivity contribution in [3.05, 3.63) is 47.4 Å². The van der Waals surface area contributed by atoms with Gasteiger partial charge in [0.1, 0.15) is 0 Å². The summed E-state index contributed by atoms with van der Waals surface area (Å²) in [5.41, 5.74) is 15.8. The molecule has 2 atom stereocenters. The molecule has 1 aliphatic carbocycles. The Morgan fingerprint density at radius 2 is 1.16 bits per heavy atom. The summed E-state index contributed by atoms with van der Waals surface area (Å²) in [6.45, 7) is 2.15. The molecular weight excluding hydrogens is 663 g/mol. The van der Waals surface area contributed by atoms with Crippen molar-refractivity contribution in [2.45, 2.75) is 102 Å². The Hall–Kier alpha value is -2.29. The van der Waals surface area contributed by atoms with Crippen LogP contribution in [0, 0.1) is 0 Å². The minimum atomic E-state index is -1.82. The zero-order valence-electron chi connectivity index (χ0n) is 21.5. The molecule has 37 heavy (non-hydrogen) atoms. The first-order valence-electron chi connectivity index (χ1n) is 12.4. The van der Waals surface area contributed by atoms with Gasteiger partial charge in [-0.2, -0.15) is 12.1 Å². The quantitative estimate of drug-likeness (QED) is 0.166. The first-order valence-corrected chi connectivity index (χ1v) is 12.4. The van der Waals surface area contributed by atoms with Crippen molar-refractivity contribution >= 4 is 23.9 Å². The molecule has 1 fully saturated rings. The molecular formula is C26H42N2O8Pt. The monoisotopic (exact) mass is 705 g/mol. The van der Waals surface area contributed by atoms with Gasteiger partial charge in [0.2, 0.25) is 0 Å². The van der Waals surface area contributed by atoms with Gasteiger partial charge in [0.15, 0.2) is 0 Å². The predicted molar refractivity (Wildman–Crippen MR) is 138 cm³/mol. The molecule has 214 valence electrons. The van der Waals surface area contributed by atoms with Crippen LogP contribution in [0.5, 0.6) is 0 Å². The van der Waals surface area contributed by atoms with Gasteiger partial charge in [-0.15, -0.1) is 0 Å². The van der Waals surface area contributed by atoms with Crippen LogP contribution in [0.4, 0.5) is 0 Å². The molecule has 0 saturated heterocycles. The van der Waals surface area contributed by atoms with Gasteiger partial charge in [-0.05, 0) is 24.8 Å². The van der Waals surface area contributed by atoms with Crippen molar-refractivity contribution in [3.63, 3.8) is 0 Å². The number of unbranched alkanes of at least 4 members (excludes halogenated alkanes) is 4. The standard InChI is InChI=1S/C10H12O2.C8H16O2.C6H12N2.C2H2O4.Pt/c11-10(12)8-4-7-9-5-2-1-3-6-9;1-2-3-4-5-6-7-8(9)10;7-5-3-1-2-4-6(5)8;3-1(4)2(5)6;/h1-3,5-6H,4,7-8H2,(H,11,12);2-7H2,1H3,(H,9,10);5-8H,1-4H2;(H,3,4)(H,5,6);/q;;-2;;+2. The molecule has 6 N–H and O–H groups in total. The molecule has 1 aromatic carbocycles. The van der Waals surface area contributed by atoms with Crippen molar-refractivity contribution < 1.29 is 60.7 Å². The number of hydrogen-bond acceptors (Lipinski definition) is 4. The van der Waals surface area contributed by atoms with E-state index < -0.39 is 23.9 Å². The Kier molecular flexibility index (Phi) is 28.4. The average molecular weight is 706 g/mol. The van der Waals surface area contributed by atoms with E-state index >= 15 is 0 Å². The molecule has 0 bridgehead atoms. The normalized spacial score (nSPS) is 15.5. The summed E-state index contributed by atoms with van der Waals surface area (Å²) in [7, 11) is 0. The van der Waals surface area contributed by atoms with Crippen molar-refractivity contribution in [1.29, 1.82) is 0 Å². The summed E-state index contributed by atoms with van der Waals surface area (Å²) < 4.78 is 0. The molecule has 2 unspecified atom stereocenters. The van der Waals surface area contributed by atoms with Gasteiger partial charge in [0.05, 0.1) is 0 Å². The summed E-state index contributed by atoms with van der Waals surface area (Å²) in [6, 6.07) is 9.77. The fourth-order valence-corrected chi connectivity index (χ4v) is 3.10. The molecule has 1 aliphatic rings. The number of hydrogen-bond donors (Lipinski definition) is 4. The Morgan fingerprint density at radius 3 is 1.54 bits per heavy atom. The van der Waals surface area contributed by atoms with Gasteiger partial charge in [-0.3, -0.25) is 9.59 Å². The second-order valence-corrected chi connectivity index (χ2v) is 8.40. The van der Waals surface area contributed by atoms with Crippen molar-refractivity contribution in [2.24, 2.45) is 0 Å². The summed E-state index contributed by atoms with van der Waals surface area (Å²) >= 11 is 0. The largest absolute Gasteiger partial charge is 2.00 e. The summed E-state index contributed by atoms with van der Waals surface area (Å²) in [4.78, 5) is 38.4. The van der Waals surface area contributed by atoms with Crippen molar-refractivity contribution in [2.75, 3.05) is 0 Å². The number of nitrogens with one attached hydrogen (secondary N) is 2. The molecule has 0 spiro atoms. The topological polar surface area (TPSA) is 197 Å². The number of carboxylic acids is 4. The van der Waals surface area contributed by atoms with Crippen LogP contribution in [0.2, 0.25) is 0 Å². The van der Waals surface area contributed by atoms with Gasteiger partial charge in [-0.1, -0.05) is 88.6 Å². The number of carbonyl (C=O) groups is 4. The second kappa shape index (κ2) is 26.8. The van der Waals surface area contributed by atoms with E-state index in [1.54, 1.807) is 0 Å². The van der Waals surface area contributed by atoms with Crippen LogP contribution in [0.15, 0.2) is 30.3 Å². The van der Waals surface area contributed by atoms with E-state index in [1.165, 1.54) is 37.7 Å². The Balaban J connectivity index is -0.000000425. The van der Waals surface area contributed by atoms with Crippen LogP contribution in [0.3, 0.4) is 0 Å². The maximum Gasteiger partial charge on any atom is 2.00 e. The Morgan fingerprint density at radius 1 is 0.730 bits per heavy atom. The van der Waals surface area contributed by atoms with Crippen LogP contribution >= 0.6 is 0 Å². The maximum atomic E-state index is 10.2. The number of carboxylic acid groups (broad SMARTS) is 4. The van der Waals surface area contributed by atoms with E-state index in [2.05, 4.69) is 6.92 Å². The second-order valence-electron chi connectivity index (χ2n) is 8.40. The third-order valence-corrected chi connectivity index (χ3v) is 5.14. The van der Waals surface area contributed by atoms with E-state index in [1.807, 2.05) is 30.3 Å². The Bertz CT molecular complexity index is 713. The molecule has 10 nitrogen and oxygen atoms in total. The number of aliphatic carboxylic acids is 4. The molecule has 1 saturated carbocycles. The van der Waals surface area contributed by atoms with Crippen LogP contribution < -0.4 is 0 Å². The van der Waals surface area contributed by atoms with Crippen LogP contribution in [0.1, 0.15) is 89.5 Å². The van der Waals surface area contributed by atoms with E-state index in [9.17, 15) is 9.59 Å². The first kappa shape index (κ1) is 39.2. The van der Waals surface area contributed by atoms with Crippen LogP contribution in [0.25, 0.3) is 11.5 Å². The molecule has 0 aromatic heterocycles. The predicted octanol–water partition coefficient (Wildman–Crippen LogP) is 6.08. The van der Waals surface area contributed by atoms with Gasteiger partial charge < -0.3 is 31.9 Å². The van der Waals surface area contributed by atoms with Crippen molar-refractivity contribution in [3.8, 4) is 0 Å². The van der Waals surface area contributed by atoms with E-state index in [0.29, 0.717) is 6.42 Å². The first-order chi connectivity index (χ1) is 17.0.